The van der Waals surface area contributed by atoms with Gasteiger partial charge in [-0.3, -0.25) is 73.1 Å². The molecular formula is C54H93F4N27O9S2. The summed E-state index contributed by atoms with van der Waals surface area (Å²) in [6.07, 6.45) is -1.46. The van der Waals surface area contributed by atoms with Gasteiger partial charge in [-0.1, -0.05) is 13.8 Å². The Morgan fingerprint density at radius 2 is 0.771 bits per heavy atom. The van der Waals surface area contributed by atoms with E-state index in [2.05, 4.69) is 77.8 Å². The van der Waals surface area contributed by atoms with Crippen molar-refractivity contribution in [2.24, 2.45) is 105 Å². The molecule has 8 atom stereocenters. The summed E-state index contributed by atoms with van der Waals surface area (Å²) < 4.78 is 64.9. The Morgan fingerprint density at radius 1 is 0.458 bits per heavy atom. The van der Waals surface area contributed by atoms with Gasteiger partial charge in [0.25, 0.3) is 0 Å². The van der Waals surface area contributed by atoms with Gasteiger partial charge in [-0.2, -0.15) is 0 Å². The highest BCUT2D eigenvalue weighted by molar-refractivity contribution is 7.99. The normalized spacial score (nSPS) is 17.9. The second-order valence-corrected chi connectivity index (χ2v) is 23.9. The molecule has 36 nitrogen and oxygen atoms in total. The monoisotopic (exact) mass is 1400 g/mol. The lowest BCUT2D eigenvalue weighted by atomic mass is 10.0. The van der Waals surface area contributed by atoms with Crippen LogP contribution < -0.4 is 117 Å². The minimum Gasteiger partial charge on any atom is -0.370 e. The van der Waals surface area contributed by atoms with Gasteiger partial charge in [0.1, 0.15) is 42.3 Å². The van der Waals surface area contributed by atoms with E-state index in [-0.39, 0.29) is 181 Å². The number of nitrogens with zero attached hydrogens (tertiary/aromatic N) is 6. The number of guanidine groups is 6. The maximum atomic E-state index is 16.3. The fourth-order valence-electron chi connectivity index (χ4n) is 8.69. The van der Waals surface area contributed by atoms with Crippen molar-refractivity contribution in [1.29, 1.82) is 0 Å². The number of benzene rings is 1. The number of carbonyl (C=O) groups excluding carboxylic acids is 9. The third kappa shape index (κ3) is 31.3. The first-order valence-electron chi connectivity index (χ1n) is 30.3. The summed E-state index contributed by atoms with van der Waals surface area (Å²) in [5, 5.41) is 22.7. The maximum Gasteiger partial charge on any atom is 0.244 e. The van der Waals surface area contributed by atoms with Gasteiger partial charge < -0.3 is 117 Å². The molecule has 1 aromatic carbocycles. The lowest BCUT2D eigenvalue weighted by Crippen LogP contribution is -2.60. The molecule has 42 heteroatoms. The summed E-state index contributed by atoms with van der Waals surface area (Å²) in [6, 6.07) is -12.9. The summed E-state index contributed by atoms with van der Waals surface area (Å²) in [5.41, 5.74) is 66.3. The number of Topliss-reactive ketones (excluding diaryl/α,β-unsaturated/α-hetero) is 1. The Bertz CT molecular complexity index is 2970. The molecule has 0 fully saturated rings. The van der Waals surface area contributed by atoms with Crippen LogP contribution >= 0.6 is 23.5 Å². The van der Waals surface area contributed by atoms with Gasteiger partial charge in [0, 0.05) is 56.7 Å². The molecule has 0 aromatic heterocycles. The number of fused-ring (bicyclic) bond motifs is 18. The van der Waals surface area contributed by atoms with Crippen LogP contribution in [0.5, 0.6) is 0 Å². The average Bonchev–Trinajstić information content (AvgIpc) is 0.834. The summed E-state index contributed by atoms with van der Waals surface area (Å²) in [5.74, 6) is -20.4. The fraction of sp³-hybridized carbons (Fsp3) is 0.611. The van der Waals surface area contributed by atoms with Crippen molar-refractivity contribution in [3.05, 3.63) is 23.3 Å². The molecule has 0 saturated heterocycles. The van der Waals surface area contributed by atoms with Crippen molar-refractivity contribution in [3.8, 4) is 0 Å². The minimum absolute atomic E-state index is 0.00570. The van der Waals surface area contributed by atoms with E-state index in [0.29, 0.717) is 0 Å². The molecule has 33 N–H and O–H groups in total. The molecule has 2 aliphatic heterocycles. The highest BCUT2D eigenvalue weighted by Crippen LogP contribution is 2.37. The summed E-state index contributed by atoms with van der Waals surface area (Å²) in [6.45, 7) is 2.30. The highest BCUT2D eigenvalue weighted by atomic mass is 32.2. The topological polar surface area (TPSA) is 648 Å². The van der Waals surface area contributed by atoms with E-state index >= 15 is 17.6 Å². The lowest BCUT2D eigenvalue weighted by molar-refractivity contribution is -0.135. The number of rotatable bonds is 35. The second kappa shape index (κ2) is 43.6. The van der Waals surface area contributed by atoms with Crippen LogP contribution in [0.1, 0.15) is 90.9 Å². The van der Waals surface area contributed by atoms with Crippen LogP contribution in [0, 0.1) is 29.2 Å². The first kappa shape index (κ1) is 82.7. The second-order valence-electron chi connectivity index (χ2n) is 21.8. The van der Waals surface area contributed by atoms with Gasteiger partial charge >= 0.3 is 0 Å². The van der Waals surface area contributed by atoms with E-state index in [1.165, 1.54) is 7.05 Å². The Kier molecular flexibility index (Phi) is 37.6. The Morgan fingerprint density at radius 3 is 1.11 bits per heavy atom. The number of aliphatic imine (C=N–C) groups is 6. The largest absolute Gasteiger partial charge is 0.370 e. The zero-order valence-electron chi connectivity index (χ0n) is 53.7. The lowest BCUT2D eigenvalue weighted by Gasteiger charge is -2.28. The number of likely N-dealkylation sites (N-methyl/N-ethyl adjacent to an activating group) is 1. The Balaban J connectivity index is 2.97. The molecule has 1 aromatic rings. The first-order chi connectivity index (χ1) is 45.3. The van der Waals surface area contributed by atoms with E-state index in [4.69, 9.17) is 68.8 Å². The number of thioether (sulfide) groups is 2. The molecule has 96 heavy (non-hydrogen) atoms. The van der Waals surface area contributed by atoms with Gasteiger partial charge in [0.15, 0.2) is 64.8 Å². The zero-order valence-corrected chi connectivity index (χ0v) is 55.3. The third-order valence-electron chi connectivity index (χ3n) is 13.8. The van der Waals surface area contributed by atoms with Gasteiger partial charge in [-0.05, 0) is 84.1 Å². The molecule has 3 rings (SSSR count). The van der Waals surface area contributed by atoms with Crippen molar-refractivity contribution in [2.45, 2.75) is 149 Å². The molecule has 2 aliphatic rings. The minimum atomic E-state index is -2.08. The molecule has 8 unspecified atom stereocenters. The average molecular weight is 1400 g/mol. The number of nitrogens with one attached hydrogen (secondary N) is 9. The number of hydrogen-bond donors (Lipinski definition) is 21. The van der Waals surface area contributed by atoms with Crippen LogP contribution in [0.15, 0.2) is 39.7 Å². The zero-order chi connectivity index (χ0) is 72.2. The Hall–Kier alpha value is -9.35. The van der Waals surface area contributed by atoms with E-state index in [9.17, 15) is 43.2 Å². The SMILES string of the molecule is CNC1CSc2c(F)c(F)c(c(F)c2F)SCC(C(=O)NC(CCCN=C(N)N)C(=O)NC(CCCN=C(N)N)C(=O)NC(CCCN=C(N)N)C(=O)NCC(=O)C(C)C)NC(=O)C(CCCN=C(N)N)NC(=O)C(CCCN=C(N)N)NC(=O)C(CCCN=C(N)N)NC1=O. The first-order valence-corrected chi connectivity index (χ1v) is 32.3. The summed E-state index contributed by atoms with van der Waals surface area (Å²) in [7, 11) is 1.28. The number of hydrogen-bond acceptors (Lipinski definition) is 18. The van der Waals surface area contributed by atoms with Gasteiger partial charge in [0.05, 0.1) is 22.4 Å². The third-order valence-corrected chi connectivity index (χ3v) is 16.1. The smallest absolute Gasteiger partial charge is 0.244 e. The summed E-state index contributed by atoms with van der Waals surface area (Å²) >= 11 is 0.191. The van der Waals surface area contributed by atoms with E-state index in [0.717, 1.165) is 0 Å². The molecule has 0 radical (unpaired) electrons. The van der Waals surface area contributed by atoms with Crippen molar-refractivity contribution >= 4 is 112 Å². The number of amides is 8. The number of ketones is 1. The summed E-state index contributed by atoms with van der Waals surface area (Å²) in [4.78, 5) is 149. The molecule has 0 spiro atoms. The van der Waals surface area contributed by atoms with Crippen LogP contribution in [-0.2, 0) is 43.2 Å². The molecular weight excluding hydrogens is 1310 g/mol. The van der Waals surface area contributed by atoms with Crippen LogP contribution in [0.4, 0.5) is 17.6 Å². The van der Waals surface area contributed by atoms with Gasteiger partial charge in [-0.25, -0.2) is 17.6 Å². The van der Waals surface area contributed by atoms with Crippen LogP contribution in [0.25, 0.3) is 0 Å². The van der Waals surface area contributed by atoms with E-state index in [1.54, 1.807) is 13.8 Å². The molecule has 2 bridgehead atoms. The predicted octanol–water partition coefficient (Wildman–Crippen LogP) is -6.91. The van der Waals surface area contributed by atoms with Crippen LogP contribution in [0.3, 0.4) is 0 Å². The van der Waals surface area contributed by atoms with Crippen molar-refractivity contribution in [2.75, 3.05) is 64.4 Å². The van der Waals surface area contributed by atoms with Crippen molar-refractivity contribution in [3.63, 3.8) is 0 Å². The van der Waals surface area contributed by atoms with E-state index < -0.39 is 153 Å². The molecule has 0 aliphatic carbocycles. The molecule has 538 valence electrons. The number of halogens is 4. The fourth-order valence-corrected chi connectivity index (χ4v) is 10.8. The maximum absolute atomic E-state index is 16.3. The molecule has 8 amide bonds. The number of nitrogens with two attached hydrogens (primary N) is 12. The van der Waals surface area contributed by atoms with Crippen molar-refractivity contribution in [1.82, 2.24) is 47.9 Å². The quantitative estimate of drug-likeness (QED) is 0.00750. The van der Waals surface area contributed by atoms with E-state index in [1.807, 2.05) is 0 Å². The van der Waals surface area contributed by atoms with Crippen molar-refractivity contribution < 1.29 is 60.7 Å². The van der Waals surface area contributed by atoms with Crippen LogP contribution in [-0.4, -0.2) is 201 Å². The van der Waals surface area contributed by atoms with Gasteiger partial charge in [-0.15, -0.1) is 23.5 Å². The standard InChI is InChI=1S/C54H93F4N27O9S2/c1-25(2)34(86)22-78-41(87)26(10-4-16-72-49(59)60)79-42(88)27(11-5-17-73-50(61)62)80-45(91)30(14-8-20-76-53(67)68)84-48(94)33-24-96-40-37(57)35(55)39(36(56)38(40)58)95-23-32(71-3)47(93)83-29(13-7-19-75-52(65)66)44(90)81-28(12-6-18-74-51(63)64)43(89)82-31(46(92)85-33)15-9-21-77-54(69)70/h25-33,71H,4-24H2,1-3H3,(H,78,87)(H,79,88)(H,80,91)(H,81,90)(H,82,89)(H,83,93)(H,84,94)(H,85,92)(H4,59,60,72)(H4,61,62,73)(H4,63,64,74)(H4,65,66,75)(H4,67,68,76)(H4,69,70,77). The van der Waals surface area contributed by atoms with Gasteiger partial charge in [0.2, 0.25) is 47.3 Å². The van der Waals surface area contributed by atoms with Crippen LogP contribution in [0.2, 0.25) is 0 Å². The predicted molar refractivity (Wildman–Crippen MR) is 356 cm³/mol. The molecule has 2 heterocycles. The highest BCUT2D eigenvalue weighted by Gasteiger charge is 2.37. The molecule has 0 saturated carbocycles. The number of carbonyl (C=O) groups is 9. The Labute approximate surface area is 560 Å².